The lowest BCUT2D eigenvalue weighted by Crippen LogP contribution is -2.48. The summed E-state index contributed by atoms with van der Waals surface area (Å²) in [5, 5.41) is 5.36. The number of rotatable bonds is 7. The summed E-state index contributed by atoms with van der Waals surface area (Å²) in [6.07, 6.45) is 0. The zero-order valence-corrected chi connectivity index (χ0v) is 24.2. The highest BCUT2D eigenvalue weighted by Crippen LogP contribution is 2.31. The molecule has 0 spiro atoms. The Bertz CT molecular complexity index is 1820. The molecule has 0 unspecified atom stereocenters. The first-order valence-corrected chi connectivity index (χ1v) is 15.5. The fraction of sp³-hybridized carbons (Fsp3) is 0.242. The molecule has 210 valence electrons. The minimum Gasteiger partial charge on any atom is -0.341 e. The maximum absolute atomic E-state index is 13.1. The lowest BCUT2D eigenvalue weighted by Gasteiger charge is -2.34. The van der Waals surface area contributed by atoms with Crippen LogP contribution in [-0.4, -0.2) is 54.3 Å². The average Bonchev–Trinajstić information content (AvgIpc) is 3.31. The van der Waals surface area contributed by atoms with E-state index in [-0.39, 0.29) is 5.91 Å². The monoisotopic (exact) mass is 566 g/mol. The molecule has 0 saturated carbocycles. The molecule has 1 aliphatic rings. The molecule has 4 aromatic carbocycles. The van der Waals surface area contributed by atoms with Gasteiger partial charge in [-0.2, -0.15) is 4.31 Å². The fourth-order valence-corrected chi connectivity index (χ4v) is 7.10. The summed E-state index contributed by atoms with van der Waals surface area (Å²) < 4.78 is 29.9. The van der Waals surface area contributed by atoms with Crippen molar-refractivity contribution in [3.8, 4) is 0 Å². The molecule has 41 heavy (non-hydrogen) atoms. The summed E-state index contributed by atoms with van der Waals surface area (Å²) >= 11 is 0. The minimum atomic E-state index is -3.48. The van der Waals surface area contributed by atoms with Crippen LogP contribution in [0.5, 0.6) is 0 Å². The van der Waals surface area contributed by atoms with Gasteiger partial charge in [0.05, 0.1) is 4.90 Å². The number of nitrogens with zero attached hydrogens (tertiary/aromatic N) is 3. The predicted molar refractivity (Wildman–Crippen MR) is 165 cm³/mol. The molecule has 1 saturated heterocycles. The van der Waals surface area contributed by atoms with Crippen molar-refractivity contribution in [2.45, 2.75) is 31.8 Å². The van der Waals surface area contributed by atoms with Gasteiger partial charge in [0.2, 0.25) is 10.0 Å². The van der Waals surface area contributed by atoms with Crippen LogP contribution in [0.1, 0.15) is 28.4 Å². The van der Waals surface area contributed by atoms with Gasteiger partial charge in [0.25, 0.3) is 5.91 Å². The van der Waals surface area contributed by atoms with Crippen LogP contribution in [-0.2, 0) is 23.1 Å². The molecule has 0 radical (unpaired) electrons. The van der Waals surface area contributed by atoms with Crippen LogP contribution < -0.4 is 5.32 Å². The molecule has 2 heterocycles. The third kappa shape index (κ3) is 5.38. The summed E-state index contributed by atoms with van der Waals surface area (Å²) in [4.78, 5) is 15.6. The molecule has 1 aliphatic heterocycles. The average molecular weight is 567 g/mol. The van der Waals surface area contributed by atoms with Gasteiger partial charge < -0.3 is 9.88 Å². The third-order valence-corrected chi connectivity index (χ3v) is 9.87. The molecule has 5 aromatic rings. The standard InChI is InChI=1S/C33H34N4O3S/c1-3-37-31-7-5-4-6-29(31)30-22-27(14-17-32(30)37)34-33(38)26-12-10-25(11-13-26)23-35-18-20-36(21-19-35)41(39,40)28-15-8-24(2)9-16-28/h4-17,22H,3,18-21,23H2,1-2H3,(H,34,38). The van der Waals surface area contributed by atoms with Crippen LogP contribution in [0.25, 0.3) is 21.8 Å². The number of aryl methyl sites for hydroxylation is 2. The van der Waals surface area contributed by atoms with Crippen molar-refractivity contribution in [2.75, 3.05) is 31.5 Å². The zero-order valence-electron chi connectivity index (χ0n) is 23.4. The summed E-state index contributed by atoms with van der Waals surface area (Å²) in [6.45, 7) is 7.90. The Morgan fingerprint density at radius 1 is 0.805 bits per heavy atom. The van der Waals surface area contributed by atoms with Gasteiger partial charge in [-0.05, 0) is 67.9 Å². The number of anilines is 1. The Kier molecular flexibility index (Phi) is 7.38. The van der Waals surface area contributed by atoms with E-state index in [1.54, 1.807) is 16.4 Å². The minimum absolute atomic E-state index is 0.148. The van der Waals surface area contributed by atoms with Gasteiger partial charge in [-0.1, -0.05) is 48.0 Å². The summed E-state index contributed by atoms with van der Waals surface area (Å²) in [5.74, 6) is -0.148. The van der Waals surface area contributed by atoms with Crippen molar-refractivity contribution in [2.24, 2.45) is 0 Å². The molecule has 8 heteroatoms. The molecule has 0 atom stereocenters. The van der Waals surface area contributed by atoms with Gasteiger partial charge in [-0.3, -0.25) is 9.69 Å². The van der Waals surface area contributed by atoms with Crippen LogP contribution in [0, 0.1) is 6.92 Å². The van der Waals surface area contributed by atoms with E-state index in [0.29, 0.717) is 43.2 Å². The van der Waals surface area contributed by atoms with Crippen LogP contribution in [0.3, 0.4) is 0 Å². The number of carbonyl (C=O) groups is 1. The van der Waals surface area contributed by atoms with E-state index in [2.05, 4.69) is 52.0 Å². The van der Waals surface area contributed by atoms with Crippen molar-refractivity contribution < 1.29 is 13.2 Å². The molecular weight excluding hydrogens is 532 g/mol. The number of hydrogen-bond donors (Lipinski definition) is 1. The van der Waals surface area contributed by atoms with E-state index < -0.39 is 10.0 Å². The second-order valence-electron chi connectivity index (χ2n) is 10.6. The quantitative estimate of drug-likeness (QED) is 0.267. The normalized spacial score (nSPS) is 15.0. The Morgan fingerprint density at radius 2 is 1.49 bits per heavy atom. The van der Waals surface area contributed by atoms with Crippen LogP contribution >= 0.6 is 0 Å². The van der Waals surface area contributed by atoms with E-state index in [1.807, 2.05) is 55.5 Å². The number of hydrogen-bond acceptors (Lipinski definition) is 4. The molecule has 1 aromatic heterocycles. The van der Waals surface area contributed by atoms with E-state index in [1.165, 1.54) is 10.9 Å². The lowest BCUT2D eigenvalue weighted by atomic mass is 10.1. The highest BCUT2D eigenvalue weighted by atomic mass is 32.2. The van der Waals surface area contributed by atoms with Gasteiger partial charge in [0.15, 0.2) is 0 Å². The van der Waals surface area contributed by atoms with Crippen molar-refractivity contribution in [3.63, 3.8) is 0 Å². The van der Waals surface area contributed by atoms with Gasteiger partial charge in [-0.25, -0.2) is 8.42 Å². The number of amides is 1. The van der Waals surface area contributed by atoms with Crippen molar-refractivity contribution in [1.82, 2.24) is 13.8 Å². The SMILES string of the molecule is CCn1c2ccccc2c2cc(NC(=O)c3ccc(CN4CCN(S(=O)(=O)c5ccc(C)cc5)CC4)cc3)ccc21. The molecule has 1 fully saturated rings. The fourth-order valence-electron chi connectivity index (χ4n) is 5.68. The number of carbonyl (C=O) groups excluding carboxylic acids is 1. The van der Waals surface area contributed by atoms with E-state index in [0.717, 1.165) is 34.3 Å². The van der Waals surface area contributed by atoms with Gasteiger partial charge in [0, 0.05) is 72.3 Å². The largest absolute Gasteiger partial charge is 0.341 e. The van der Waals surface area contributed by atoms with Gasteiger partial charge in [-0.15, -0.1) is 0 Å². The van der Waals surface area contributed by atoms with Crippen molar-refractivity contribution in [3.05, 3.63) is 108 Å². The van der Waals surface area contributed by atoms with Crippen molar-refractivity contribution in [1.29, 1.82) is 0 Å². The number of sulfonamides is 1. The second-order valence-corrected chi connectivity index (χ2v) is 12.6. The molecule has 7 nitrogen and oxygen atoms in total. The summed E-state index contributed by atoms with van der Waals surface area (Å²) in [7, 11) is -3.48. The second kappa shape index (κ2) is 11.1. The molecular formula is C33H34N4O3S. The maximum Gasteiger partial charge on any atom is 0.255 e. The van der Waals surface area contributed by atoms with E-state index in [9.17, 15) is 13.2 Å². The highest BCUT2D eigenvalue weighted by Gasteiger charge is 2.28. The Balaban J connectivity index is 1.08. The predicted octanol–water partition coefficient (Wildman–Crippen LogP) is 5.88. The highest BCUT2D eigenvalue weighted by molar-refractivity contribution is 7.89. The maximum atomic E-state index is 13.1. The molecule has 0 bridgehead atoms. The first-order valence-electron chi connectivity index (χ1n) is 14.0. The lowest BCUT2D eigenvalue weighted by molar-refractivity contribution is 0.102. The van der Waals surface area contributed by atoms with Gasteiger partial charge >= 0.3 is 0 Å². The molecule has 1 N–H and O–H groups in total. The third-order valence-electron chi connectivity index (χ3n) is 7.96. The van der Waals surface area contributed by atoms with Crippen molar-refractivity contribution >= 4 is 43.4 Å². The van der Waals surface area contributed by atoms with E-state index >= 15 is 0 Å². The Morgan fingerprint density at radius 3 is 2.20 bits per heavy atom. The topological polar surface area (TPSA) is 74.7 Å². The van der Waals surface area contributed by atoms with Crippen LogP contribution in [0.4, 0.5) is 5.69 Å². The Labute approximate surface area is 241 Å². The van der Waals surface area contributed by atoms with Crippen LogP contribution in [0.15, 0.2) is 95.9 Å². The number of benzene rings is 4. The molecule has 6 rings (SSSR count). The first kappa shape index (κ1) is 27.2. The smallest absolute Gasteiger partial charge is 0.255 e. The number of para-hydroxylation sites is 1. The summed E-state index contributed by atoms with van der Waals surface area (Å²) in [5.41, 5.74) is 5.84. The number of nitrogens with one attached hydrogen (secondary N) is 1. The number of aromatic nitrogens is 1. The molecule has 0 aliphatic carbocycles. The Hall–Kier alpha value is -3.98. The summed E-state index contributed by atoms with van der Waals surface area (Å²) in [6, 6.07) is 29.1. The zero-order chi connectivity index (χ0) is 28.6. The van der Waals surface area contributed by atoms with Gasteiger partial charge in [0.1, 0.15) is 0 Å². The number of fused-ring (bicyclic) bond motifs is 3. The van der Waals surface area contributed by atoms with E-state index in [4.69, 9.17) is 0 Å². The first-order chi connectivity index (χ1) is 19.8. The number of piperazine rings is 1. The molecule has 1 amide bonds. The van der Waals surface area contributed by atoms with Crippen LogP contribution in [0.2, 0.25) is 0 Å².